The van der Waals surface area contributed by atoms with E-state index < -0.39 is 0 Å². The third-order valence-corrected chi connectivity index (χ3v) is 3.85. The van der Waals surface area contributed by atoms with E-state index in [0.717, 1.165) is 18.2 Å². The van der Waals surface area contributed by atoms with Crippen LogP contribution in [0.15, 0.2) is 24.3 Å². The Kier molecular flexibility index (Phi) is 4.61. The molecule has 0 bridgehead atoms. The summed E-state index contributed by atoms with van der Waals surface area (Å²) in [6, 6.07) is 8.14. The number of likely N-dealkylation sites (N-methyl/N-ethyl adjacent to an activating group) is 1. The van der Waals surface area contributed by atoms with Crippen molar-refractivity contribution in [2.45, 2.75) is 25.3 Å². The van der Waals surface area contributed by atoms with Gasteiger partial charge < -0.3 is 15.4 Å². The highest BCUT2D eigenvalue weighted by Gasteiger charge is 2.20. The molecule has 0 aromatic heterocycles. The van der Waals surface area contributed by atoms with E-state index in [1.807, 2.05) is 12.1 Å². The van der Waals surface area contributed by atoms with Crippen LogP contribution in [-0.2, 0) is 0 Å². The molecule has 1 aromatic rings. The van der Waals surface area contributed by atoms with Crippen molar-refractivity contribution in [3.05, 3.63) is 29.8 Å². The van der Waals surface area contributed by atoms with Crippen LogP contribution in [0.3, 0.4) is 0 Å². The van der Waals surface area contributed by atoms with E-state index in [1.54, 1.807) is 7.11 Å². The molecule has 1 aromatic carbocycles. The molecule has 2 N–H and O–H groups in total. The highest BCUT2D eigenvalue weighted by atomic mass is 16.5. The molecule has 1 saturated carbocycles. The first-order chi connectivity index (χ1) is 8.69. The molecular weight excluding hydrogens is 224 g/mol. The second-order valence-electron chi connectivity index (χ2n) is 5.40. The summed E-state index contributed by atoms with van der Waals surface area (Å²) in [7, 11) is 3.85. The number of hydrogen-bond acceptors (Lipinski definition) is 3. The Balaban J connectivity index is 1.83. The Bertz CT molecular complexity index is 359. The zero-order chi connectivity index (χ0) is 13.0. The van der Waals surface area contributed by atoms with Crippen molar-refractivity contribution in [2.75, 3.05) is 27.2 Å². The van der Waals surface area contributed by atoms with Crippen LogP contribution in [0.5, 0.6) is 5.75 Å². The van der Waals surface area contributed by atoms with Gasteiger partial charge in [0.2, 0.25) is 0 Å². The summed E-state index contributed by atoms with van der Waals surface area (Å²) in [4.78, 5) is 2.36. The summed E-state index contributed by atoms with van der Waals surface area (Å²) in [5.41, 5.74) is 7.42. The number of hydrogen-bond donors (Lipinski definition) is 1. The number of ether oxygens (including phenoxy) is 1. The van der Waals surface area contributed by atoms with Crippen molar-refractivity contribution >= 4 is 0 Å². The molecule has 3 heteroatoms. The second kappa shape index (κ2) is 6.21. The Labute approximate surface area is 110 Å². The van der Waals surface area contributed by atoms with Crippen LogP contribution < -0.4 is 10.5 Å². The summed E-state index contributed by atoms with van der Waals surface area (Å²) < 4.78 is 5.15. The van der Waals surface area contributed by atoms with Crippen molar-refractivity contribution in [2.24, 2.45) is 11.7 Å². The third kappa shape index (κ3) is 3.47. The Hall–Kier alpha value is -1.06. The van der Waals surface area contributed by atoms with Gasteiger partial charge in [-0.25, -0.2) is 0 Å². The summed E-state index contributed by atoms with van der Waals surface area (Å²) in [5.74, 6) is 1.78. The van der Waals surface area contributed by atoms with Gasteiger partial charge in [-0.1, -0.05) is 18.6 Å². The lowest BCUT2D eigenvalue weighted by atomic mass is 9.85. The fourth-order valence-corrected chi connectivity index (χ4v) is 2.48. The lowest BCUT2D eigenvalue weighted by molar-refractivity contribution is 0.198. The zero-order valence-corrected chi connectivity index (χ0v) is 11.4. The average molecular weight is 248 g/mol. The number of methoxy groups -OCH3 is 1. The van der Waals surface area contributed by atoms with Crippen molar-refractivity contribution < 1.29 is 4.74 Å². The molecule has 0 spiro atoms. The van der Waals surface area contributed by atoms with Gasteiger partial charge in [0.1, 0.15) is 5.75 Å². The number of rotatable bonds is 6. The van der Waals surface area contributed by atoms with Crippen LogP contribution >= 0.6 is 0 Å². The highest BCUT2D eigenvalue weighted by Crippen LogP contribution is 2.27. The lowest BCUT2D eigenvalue weighted by Gasteiger charge is -2.31. The molecule has 18 heavy (non-hydrogen) atoms. The topological polar surface area (TPSA) is 38.5 Å². The highest BCUT2D eigenvalue weighted by molar-refractivity contribution is 5.29. The number of nitrogens with zero attached hydrogens (tertiary/aromatic N) is 1. The van der Waals surface area contributed by atoms with Crippen LogP contribution in [0, 0.1) is 5.92 Å². The van der Waals surface area contributed by atoms with Gasteiger partial charge in [-0.15, -0.1) is 0 Å². The predicted molar refractivity (Wildman–Crippen MR) is 74.8 cm³/mol. The summed E-state index contributed by atoms with van der Waals surface area (Å²) in [5, 5.41) is 0. The van der Waals surface area contributed by atoms with E-state index in [0.29, 0.717) is 0 Å². The molecule has 1 fully saturated rings. The van der Waals surface area contributed by atoms with E-state index >= 15 is 0 Å². The van der Waals surface area contributed by atoms with Crippen LogP contribution in [-0.4, -0.2) is 32.1 Å². The van der Waals surface area contributed by atoms with Gasteiger partial charge >= 0.3 is 0 Å². The zero-order valence-electron chi connectivity index (χ0n) is 11.4. The SMILES string of the molecule is COc1ccc(C(N)CN(C)CC2CCC2)cc1. The second-order valence-corrected chi connectivity index (χ2v) is 5.40. The van der Waals surface area contributed by atoms with Crippen LogP contribution in [0.1, 0.15) is 30.9 Å². The molecule has 3 nitrogen and oxygen atoms in total. The van der Waals surface area contributed by atoms with Gasteiger partial charge in [0.15, 0.2) is 0 Å². The Morgan fingerprint density at radius 1 is 1.33 bits per heavy atom. The number of nitrogens with two attached hydrogens (primary N) is 1. The minimum absolute atomic E-state index is 0.0842. The minimum Gasteiger partial charge on any atom is -0.497 e. The summed E-state index contributed by atoms with van der Waals surface area (Å²) in [6.07, 6.45) is 4.19. The average Bonchev–Trinajstić information content (AvgIpc) is 2.34. The monoisotopic (exact) mass is 248 g/mol. The normalized spacial score (nSPS) is 17.6. The van der Waals surface area contributed by atoms with Gasteiger partial charge in [-0.3, -0.25) is 0 Å². The molecule has 1 unspecified atom stereocenters. The largest absolute Gasteiger partial charge is 0.497 e. The first-order valence-electron chi connectivity index (χ1n) is 6.77. The molecular formula is C15H24N2O. The molecule has 1 aliphatic rings. The standard InChI is InChI=1S/C15H24N2O/c1-17(10-12-4-3-5-12)11-15(16)13-6-8-14(18-2)9-7-13/h6-9,12,15H,3-5,10-11,16H2,1-2H3. The van der Waals surface area contributed by atoms with E-state index in [2.05, 4.69) is 24.1 Å². The maximum absolute atomic E-state index is 6.24. The van der Waals surface area contributed by atoms with Gasteiger partial charge in [0.25, 0.3) is 0 Å². The molecule has 0 aliphatic heterocycles. The quantitative estimate of drug-likeness (QED) is 0.840. The first-order valence-corrected chi connectivity index (χ1v) is 6.77. The van der Waals surface area contributed by atoms with Gasteiger partial charge in [-0.05, 0) is 43.5 Å². The molecule has 2 rings (SSSR count). The minimum atomic E-state index is 0.0842. The van der Waals surface area contributed by atoms with Crippen molar-refractivity contribution in [3.8, 4) is 5.75 Å². The summed E-state index contributed by atoms with van der Waals surface area (Å²) >= 11 is 0. The van der Waals surface area contributed by atoms with Gasteiger partial charge in [-0.2, -0.15) is 0 Å². The fourth-order valence-electron chi connectivity index (χ4n) is 2.48. The molecule has 0 radical (unpaired) electrons. The smallest absolute Gasteiger partial charge is 0.118 e. The molecule has 0 heterocycles. The van der Waals surface area contributed by atoms with E-state index in [1.165, 1.54) is 31.4 Å². The Morgan fingerprint density at radius 2 is 2.00 bits per heavy atom. The van der Waals surface area contributed by atoms with Crippen molar-refractivity contribution in [3.63, 3.8) is 0 Å². The van der Waals surface area contributed by atoms with E-state index in [4.69, 9.17) is 10.5 Å². The van der Waals surface area contributed by atoms with E-state index in [9.17, 15) is 0 Å². The van der Waals surface area contributed by atoms with Crippen LogP contribution in [0.4, 0.5) is 0 Å². The Morgan fingerprint density at radius 3 is 2.50 bits per heavy atom. The van der Waals surface area contributed by atoms with Crippen molar-refractivity contribution in [1.82, 2.24) is 4.90 Å². The van der Waals surface area contributed by atoms with Gasteiger partial charge in [0, 0.05) is 19.1 Å². The molecule has 1 atom stereocenters. The van der Waals surface area contributed by atoms with E-state index in [-0.39, 0.29) is 6.04 Å². The van der Waals surface area contributed by atoms with Gasteiger partial charge in [0.05, 0.1) is 7.11 Å². The maximum Gasteiger partial charge on any atom is 0.118 e. The maximum atomic E-state index is 6.24. The molecule has 100 valence electrons. The van der Waals surface area contributed by atoms with Crippen molar-refractivity contribution in [1.29, 1.82) is 0 Å². The predicted octanol–water partition coefficient (Wildman–Crippen LogP) is 2.43. The van der Waals surface area contributed by atoms with Crippen LogP contribution in [0.2, 0.25) is 0 Å². The fraction of sp³-hybridized carbons (Fsp3) is 0.600. The molecule has 0 amide bonds. The summed E-state index contributed by atoms with van der Waals surface area (Å²) in [6.45, 7) is 2.10. The van der Waals surface area contributed by atoms with Crippen LogP contribution in [0.25, 0.3) is 0 Å². The first kappa shape index (κ1) is 13.4. The molecule has 1 aliphatic carbocycles. The lowest BCUT2D eigenvalue weighted by Crippen LogP contribution is -2.34. The third-order valence-electron chi connectivity index (χ3n) is 3.85. The molecule has 0 saturated heterocycles. The number of benzene rings is 1.